The molecular weight excluding hydrogens is 238 g/mol. The molecule has 0 radical (unpaired) electrons. The van der Waals surface area contributed by atoms with Crippen molar-refractivity contribution in [2.45, 2.75) is 39.2 Å². The van der Waals surface area contributed by atoms with Crippen molar-refractivity contribution >= 4 is 0 Å². The van der Waals surface area contributed by atoms with Crippen molar-refractivity contribution in [3.63, 3.8) is 0 Å². The number of ether oxygens (including phenoxy) is 1. The van der Waals surface area contributed by atoms with Gasteiger partial charge < -0.3 is 15.2 Å². The fourth-order valence-electron chi connectivity index (χ4n) is 2.97. The summed E-state index contributed by atoms with van der Waals surface area (Å²) in [5.41, 5.74) is 0.908. The van der Waals surface area contributed by atoms with Gasteiger partial charge in [-0.05, 0) is 56.3 Å². The Hall–Kier alpha value is -1.22. The molecule has 1 aliphatic carbocycles. The van der Waals surface area contributed by atoms with Crippen molar-refractivity contribution in [2.75, 3.05) is 13.7 Å². The highest BCUT2D eigenvalue weighted by Gasteiger charge is 2.22. The lowest BCUT2D eigenvalue weighted by molar-refractivity contribution is 0.402. The molecule has 3 nitrogen and oxygen atoms in total. The quantitative estimate of drug-likeness (QED) is 0.854. The van der Waals surface area contributed by atoms with E-state index in [1.54, 1.807) is 19.2 Å². The number of phenols is 1. The highest BCUT2D eigenvalue weighted by atomic mass is 16.5. The highest BCUT2D eigenvalue weighted by Crippen LogP contribution is 2.31. The molecular formula is C16H25NO2. The Labute approximate surface area is 116 Å². The third kappa shape index (κ3) is 3.63. The molecule has 1 aliphatic rings. The van der Waals surface area contributed by atoms with Crippen LogP contribution in [0.5, 0.6) is 11.5 Å². The monoisotopic (exact) mass is 263 g/mol. The fourth-order valence-corrected chi connectivity index (χ4v) is 2.97. The third-order valence-electron chi connectivity index (χ3n) is 4.22. The largest absolute Gasteiger partial charge is 0.508 e. The van der Waals surface area contributed by atoms with Crippen LogP contribution in [0, 0.1) is 11.8 Å². The summed E-state index contributed by atoms with van der Waals surface area (Å²) in [5, 5.41) is 13.5. The molecule has 0 aliphatic heterocycles. The summed E-state index contributed by atoms with van der Waals surface area (Å²) in [4.78, 5) is 0. The number of methoxy groups -OCH3 is 1. The van der Waals surface area contributed by atoms with Crippen LogP contribution in [0.1, 0.15) is 44.7 Å². The molecule has 0 bridgehead atoms. The molecule has 0 aromatic heterocycles. The van der Waals surface area contributed by atoms with Crippen molar-refractivity contribution in [3.05, 3.63) is 23.8 Å². The summed E-state index contributed by atoms with van der Waals surface area (Å²) in [6, 6.07) is 5.53. The van der Waals surface area contributed by atoms with Gasteiger partial charge in [-0.3, -0.25) is 0 Å². The summed E-state index contributed by atoms with van der Waals surface area (Å²) >= 11 is 0. The first-order chi connectivity index (χ1) is 9.10. The molecule has 1 fully saturated rings. The molecule has 0 saturated heterocycles. The summed E-state index contributed by atoms with van der Waals surface area (Å²) in [5.74, 6) is 2.77. The average molecular weight is 263 g/mol. The topological polar surface area (TPSA) is 41.5 Å². The number of benzene rings is 1. The molecule has 1 aromatic carbocycles. The summed E-state index contributed by atoms with van der Waals surface area (Å²) < 4.78 is 5.21. The van der Waals surface area contributed by atoms with Crippen molar-refractivity contribution in [1.29, 1.82) is 0 Å². The Morgan fingerprint density at radius 2 is 2.21 bits per heavy atom. The van der Waals surface area contributed by atoms with Crippen LogP contribution in [0.25, 0.3) is 0 Å². The van der Waals surface area contributed by atoms with Crippen LogP contribution in [0.3, 0.4) is 0 Å². The van der Waals surface area contributed by atoms with E-state index in [4.69, 9.17) is 4.74 Å². The van der Waals surface area contributed by atoms with Gasteiger partial charge in [-0.15, -0.1) is 0 Å². The zero-order chi connectivity index (χ0) is 13.8. The predicted octanol–water partition coefficient (Wildman–Crippen LogP) is 3.49. The average Bonchev–Trinajstić information content (AvgIpc) is 2.82. The first-order valence-corrected chi connectivity index (χ1v) is 7.20. The molecule has 3 unspecified atom stereocenters. The number of aromatic hydroxyl groups is 1. The second-order valence-corrected chi connectivity index (χ2v) is 5.84. The second kappa shape index (κ2) is 6.29. The van der Waals surface area contributed by atoms with Crippen LogP contribution >= 0.6 is 0 Å². The lowest BCUT2D eigenvalue weighted by atomic mass is 10.0. The first-order valence-electron chi connectivity index (χ1n) is 7.20. The highest BCUT2D eigenvalue weighted by molar-refractivity contribution is 5.41. The number of hydrogen-bond donors (Lipinski definition) is 2. The smallest absolute Gasteiger partial charge is 0.120 e. The maximum Gasteiger partial charge on any atom is 0.120 e. The van der Waals surface area contributed by atoms with Crippen LogP contribution < -0.4 is 10.1 Å². The Bertz CT molecular complexity index is 419. The summed E-state index contributed by atoms with van der Waals surface area (Å²) in [6.45, 7) is 5.45. The van der Waals surface area contributed by atoms with Crippen molar-refractivity contribution < 1.29 is 9.84 Å². The minimum Gasteiger partial charge on any atom is -0.508 e. The maximum atomic E-state index is 9.94. The molecule has 3 heteroatoms. The fraction of sp³-hybridized carbons (Fsp3) is 0.625. The van der Waals surface area contributed by atoms with E-state index in [0.717, 1.165) is 29.7 Å². The van der Waals surface area contributed by atoms with E-state index in [0.29, 0.717) is 5.75 Å². The number of hydrogen-bond acceptors (Lipinski definition) is 3. The molecule has 2 rings (SSSR count). The van der Waals surface area contributed by atoms with E-state index in [-0.39, 0.29) is 6.04 Å². The van der Waals surface area contributed by atoms with Gasteiger partial charge >= 0.3 is 0 Å². The van der Waals surface area contributed by atoms with Gasteiger partial charge in [0.05, 0.1) is 7.11 Å². The van der Waals surface area contributed by atoms with Gasteiger partial charge in [-0.2, -0.15) is 0 Å². The predicted molar refractivity (Wildman–Crippen MR) is 77.6 cm³/mol. The lowest BCUT2D eigenvalue weighted by Gasteiger charge is -2.19. The zero-order valence-corrected chi connectivity index (χ0v) is 12.1. The molecule has 2 N–H and O–H groups in total. The van der Waals surface area contributed by atoms with Gasteiger partial charge in [0.25, 0.3) is 0 Å². The second-order valence-electron chi connectivity index (χ2n) is 5.84. The van der Waals surface area contributed by atoms with Gasteiger partial charge in [-0.25, -0.2) is 0 Å². The third-order valence-corrected chi connectivity index (χ3v) is 4.22. The van der Waals surface area contributed by atoms with Crippen LogP contribution in [0.15, 0.2) is 18.2 Å². The van der Waals surface area contributed by atoms with E-state index < -0.39 is 0 Å². The van der Waals surface area contributed by atoms with E-state index in [1.165, 1.54) is 19.3 Å². The molecule has 1 aromatic rings. The first kappa shape index (κ1) is 14.2. The van der Waals surface area contributed by atoms with E-state index in [1.807, 2.05) is 6.07 Å². The minimum atomic E-state index is 0.144. The Kier molecular flexibility index (Phi) is 4.70. The van der Waals surface area contributed by atoms with Crippen LogP contribution in [0.4, 0.5) is 0 Å². The van der Waals surface area contributed by atoms with Crippen molar-refractivity contribution in [3.8, 4) is 11.5 Å². The summed E-state index contributed by atoms with van der Waals surface area (Å²) in [7, 11) is 1.65. The molecule has 0 heterocycles. The van der Waals surface area contributed by atoms with E-state index in [2.05, 4.69) is 19.2 Å². The van der Waals surface area contributed by atoms with Crippen molar-refractivity contribution in [1.82, 2.24) is 5.32 Å². The molecule has 3 atom stereocenters. The number of rotatable bonds is 5. The minimum absolute atomic E-state index is 0.144. The molecule has 1 saturated carbocycles. The number of phenolic OH excluding ortho intramolecular Hbond substituents is 1. The van der Waals surface area contributed by atoms with Gasteiger partial charge in [-0.1, -0.05) is 13.3 Å². The molecule has 0 amide bonds. The van der Waals surface area contributed by atoms with Crippen LogP contribution in [-0.2, 0) is 0 Å². The van der Waals surface area contributed by atoms with Crippen LogP contribution in [0.2, 0.25) is 0 Å². The zero-order valence-electron chi connectivity index (χ0n) is 12.1. The van der Waals surface area contributed by atoms with Gasteiger partial charge in [0.1, 0.15) is 11.5 Å². The Balaban J connectivity index is 1.93. The molecule has 106 valence electrons. The Morgan fingerprint density at radius 1 is 1.42 bits per heavy atom. The normalized spacial score (nSPS) is 24.4. The lowest BCUT2D eigenvalue weighted by Crippen LogP contribution is -2.24. The van der Waals surface area contributed by atoms with Gasteiger partial charge in [0.2, 0.25) is 0 Å². The summed E-state index contributed by atoms with van der Waals surface area (Å²) in [6.07, 6.45) is 4.00. The van der Waals surface area contributed by atoms with Crippen molar-refractivity contribution in [2.24, 2.45) is 11.8 Å². The molecule has 0 spiro atoms. The Morgan fingerprint density at radius 3 is 2.84 bits per heavy atom. The molecule has 19 heavy (non-hydrogen) atoms. The van der Waals surface area contributed by atoms with Crippen LogP contribution in [-0.4, -0.2) is 18.8 Å². The SMILES string of the molecule is COc1ccc(O)c(C(C)NCC2CCC(C)C2)c1. The maximum absolute atomic E-state index is 9.94. The van der Waals surface area contributed by atoms with E-state index in [9.17, 15) is 5.11 Å². The van der Waals surface area contributed by atoms with Gasteiger partial charge in [0, 0.05) is 11.6 Å². The number of nitrogens with one attached hydrogen (secondary N) is 1. The van der Waals surface area contributed by atoms with E-state index >= 15 is 0 Å². The van der Waals surface area contributed by atoms with Gasteiger partial charge in [0.15, 0.2) is 0 Å². The standard InChI is InChI=1S/C16H25NO2/c1-11-4-5-13(8-11)10-17-12(2)15-9-14(19-3)6-7-16(15)18/h6-7,9,11-13,17-18H,4-5,8,10H2,1-3H3.